The lowest BCUT2D eigenvalue weighted by atomic mass is 10.0. The fourth-order valence-electron chi connectivity index (χ4n) is 1.93. The zero-order valence-electron chi connectivity index (χ0n) is 9.74. The second kappa shape index (κ2) is 5.28. The Morgan fingerprint density at radius 3 is 2.94 bits per heavy atom. The van der Waals surface area contributed by atoms with Gasteiger partial charge in [0.15, 0.2) is 0 Å². The van der Waals surface area contributed by atoms with Crippen LogP contribution in [0.15, 0.2) is 30.5 Å². The molecule has 0 amide bonds. The predicted molar refractivity (Wildman–Crippen MR) is 70.4 cm³/mol. The van der Waals surface area contributed by atoms with Crippen LogP contribution in [0.2, 0.25) is 5.02 Å². The Hall–Kier alpha value is -1.41. The summed E-state index contributed by atoms with van der Waals surface area (Å²) in [5, 5.41) is 1.83. The first-order chi connectivity index (χ1) is 8.18. The van der Waals surface area contributed by atoms with E-state index in [9.17, 15) is 4.79 Å². The summed E-state index contributed by atoms with van der Waals surface area (Å²) in [6, 6.07) is 7.80. The molecular formula is C14H14ClNO. The van der Waals surface area contributed by atoms with E-state index >= 15 is 0 Å². The highest BCUT2D eigenvalue weighted by Gasteiger charge is 2.07. The van der Waals surface area contributed by atoms with Gasteiger partial charge in [0.2, 0.25) is 0 Å². The van der Waals surface area contributed by atoms with E-state index in [1.165, 1.54) is 0 Å². The van der Waals surface area contributed by atoms with Crippen LogP contribution in [0.25, 0.3) is 10.9 Å². The summed E-state index contributed by atoms with van der Waals surface area (Å²) >= 11 is 6.19. The summed E-state index contributed by atoms with van der Waals surface area (Å²) in [5.74, 6) is 0.217. The van der Waals surface area contributed by atoms with Crippen molar-refractivity contribution in [3.8, 4) is 0 Å². The summed E-state index contributed by atoms with van der Waals surface area (Å²) < 4.78 is 0. The summed E-state index contributed by atoms with van der Waals surface area (Å²) in [4.78, 5) is 15.3. The van der Waals surface area contributed by atoms with Crippen LogP contribution >= 0.6 is 11.6 Å². The van der Waals surface area contributed by atoms with Gasteiger partial charge in [0.25, 0.3) is 0 Å². The molecular weight excluding hydrogens is 234 g/mol. The normalized spacial score (nSPS) is 10.7. The van der Waals surface area contributed by atoms with E-state index in [-0.39, 0.29) is 5.78 Å². The van der Waals surface area contributed by atoms with E-state index in [2.05, 4.69) is 4.98 Å². The van der Waals surface area contributed by atoms with Crippen LogP contribution in [0.4, 0.5) is 0 Å². The molecule has 0 bridgehead atoms. The molecule has 0 atom stereocenters. The predicted octanol–water partition coefficient (Wildman–Crippen LogP) is 3.80. The van der Waals surface area contributed by atoms with Gasteiger partial charge in [-0.2, -0.15) is 0 Å². The monoisotopic (exact) mass is 247 g/mol. The summed E-state index contributed by atoms with van der Waals surface area (Å²) in [7, 11) is 0. The first-order valence-electron chi connectivity index (χ1n) is 5.70. The van der Waals surface area contributed by atoms with Gasteiger partial charge in [0.05, 0.1) is 5.52 Å². The number of pyridine rings is 1. The van der Waals surface area contributed by atoms with Crippen molar-refractivity contribution < 1.29 is 4.79 Å². The number of aryl methyl sites for hydroxylation is 1. The van der Waals surface area contributed by atoms with Gasteiger partial charge in [0.1, 0.15) is 5.78 Å². The number of Topliss-reactive ketones (excluding diaryl/α,β-unsaturated/α-hetero) is 1. The smallest absolute Gasteiger partial charge is 0.129 e. The lowest BCUT2D eigenvalue weighted by Gasteiger charge is -2.07. The van der Waals surface area contributed by atoms with E-state index in [0.717, 1.165) is 34.3 Å². The van der Waals surface area contributed by atoms with E-state index in [1.807, 2.05) is 24.3 Å². The van der Waals surface area contributed by atoms with Crippen LogP contribution in [0.1, 0.15) is 25.3 Å². The Labute approximate surface area is 106 Å². The number of rotatable bonds is 4. The Balaban J connectivity index is 2.31. The molecule has 0 unspecified atom stereocenters. The van der Waals surface area contributed by atoms with E-state index < -0.39 is 0 Å². The third-order valence-electron chi connectivity index (χ3n) is 2.78. The van der Waals surface area contributed by atoms with E-state index in [0.29, 0.717) is 6.42 Å². The number of hydrogen-bond donors (Lipinski definition) is 0. The number of carbonyl (C=O) groups excluding carboxylic acids is 1. The van der Waals surface area contributed by atoms with Crippen molar-refractivity contribution in [1.82, 2.24) is 4.98 Å². The van der Waals surface area contributed by atoms with E-state index in [1.54, 1.807) is 13.1 Å². The molecule has 88 valence electrons. The maximum absolute atomic E-state index is 10.9. The molecule has 2 rings (SSSR count). The number of hydrogen-bond acceptors (Lipinski definition) is 2. The Morgan fingerprint density at radius 1 is 1.35 bits per heavy atom. The minimum atomic E-state index is 0.217. The number of ketones is 1. The average Bonchev–Trinajstić information content (AvgIpc) is 2.32. The third kappa shape index (κ3) is 2.83. The number of fused-ring (bicyclic) bond motifs is 1. The highest BCUT2D eigenvalue weighted by atomic mass is 35.5. The topological polar surface area (TPSA) is 30.0 Å². The van der Waals surface area contributed by atoms with Crippen LogP contribution < -0.4 is 0 Å². The van der Waals surface area contributed by atoms with Gasteiger partial charge < -0.3 is 4.79 Å². The summed E-state index contributed by atoms with van der Waals surface area (Å²) in [6.45, 7) is 1.61. The first kappa shape index (κ1) is 12.1. The van der Waals surface area contributed by atoms with Crippen LogP contribution in [0, 0.1) is 0 Å². The molecule has 1 aromatic carbocycles. The van der Waals surface area contributed by atoms with Gasteiger partial charge in [0, 0.05) is 23.0 Å². The van der Waals surface area contributed by atoms with Crippen molar-refractivity contribution in [3.05, 3.63) is 41.0 Å². The van der Waals surface area contributed by atoms with Crippen LogP contribution in [0.5, 0.6) is 0 Å². The minimum absolute atomic E-state index is 0.217. The molecule has 0 aliphatic carbocycles. The van der Waals surface area contributed by atoms with Crippen molar-refractivity contribution in [2.24, 2.45) is 0 Å². The van der Waals surface area contributed by atoms with Crippen LogP contribution in [-0.2, 0) is 11.2 Å². The van der Waals surface area contributed by atoms with Crippen molar-refractivity contribution in [1.29, 1.82) is 0 Å². The Kier molecular flexibility index (Phi) is 3.75. The van der Waals surface area contributed by atoms with Crippen LogP contribution in [-0.4, -0.2) is 10.8 Å². The molecule has 2 aromatic rings. The second-order valence-corrected chi connectivity index (χ2v) is 4.56. The molecule has 0 saturated carbocycles. The summed E-state index contributed by atoms with van der Waals surface area (Å²) in [6.07, 6.45) is 3.99. The number of nitrogens with zero attached hydrogens (tertiary/aromatic N) is 1. The largest absolute Gasteiger partial charge is 0.300 e. The number of carbonyl (C=O) groups is 1. The number of aromatic nitrogens is 1. The average molecular weight is 248 g/mol. The lowest BCUT2D eigenvalue weighted by Crippen LogP contribution is -1.95. The quantitative estimate of drug-likeness (QED) is 0.823. The SMILES string of the molecule is CC(=O)CCCc1c(Cl)ccc2cccnc12. The molecule has 0 radical (unpaired) electrons. The van der Waals surface area contributed by atoms with Crippen molar-refractivity contribution in [3.63, 3.8) is 0 Å². The molecule has 1 heterocycles. The van der Waals surface area contributed by atoms with Gasteiger partial charge in [-0.1, -0.05) is 23.7 Å². The fraction of sp³-hybridized carbons (Fsp3) is 0.286. The van der Waals surface area contributed by atoms with Gasteiger partial charge in [-0.05, 0) is 37.5 Å². The van der Waals surface area contributed by atoms with Crippen molar-refractivity contribution in [2.45, 2.75) is 26.2 Å². The molecule has 2 nitrogen and oxygen atoms in total. The minimum Gasteiger partial charge on any atom is -0.300 e. The number of benzene rings is 1. The lowest BCUT2D eigenvalue weighted by molar-refractivity contribution is -0.117. The third-order valence-corrected chi connectivity index (χ3v) is 3.13. The molecule has 3 heteroatoms. The summed E-state index contributed by atoms with van der Waals surface area (Å²) in [5.41, 5.74) is 1.99. The maximum Gasteiger partial charge on any atom is 0.129 e. The highest BCUT2D eigenvalue weighted by Crippen LogP contribution is 2.25. The molecule has 17 heavy (non-hydrogen) atoms. The van der Waals surface area contributed by atoms with E-state index in [4.69, 9.17) is 11.6 Å². The standard InChI is InChI=1S/C14H14ClNO/c1-10(17)4-2-6-12-13(15)8-7-11-5-3-9-16-14(11)12/h3,5,7-9H,2,4,6H2,1H3. The second-order valence-electron chi connectivity index (χ2n) is 4.16. The van der Waals surface area contributed by atoms with Crippen molar-refractivity contribution in [2.75, 3.05) is 0 Å². The highest BCUT2D eigenvalue weighted by molar-refractivity contribution is 6.32. The van der Waals surface area contributed by atoms with Crippen molar-refractivity contribution >= 4 is 28.3 Å². The van der Waals surface area contributed by atoms with Gasteiger partial charge >= 0.3 is 0 Å². The molecule has 0 fully saturated rings. The zero-order valence-corrected chi connectivity index (χ0v) is 10.5. The van der Waals surface area contributed by atoms with Gasteiger partial charge in [-0.15, -0.1) is 0 Å². The Morgan fingerprint density at radius 2 is 2.18 bits per heavy atom. The first-order valence-corrected chi connectivity index (χ1v) is 6.08. The van der Waals surface area contributed by atoms with Gasteiger partial charge in [-0.3, -0.25) is 4.98 Å². The van der Waals surface area contributed by atoms with Crippen LogP contribution in [0.3, 0.4) is 0 Å². The molecule has 0 aliphatic rings. The zero-order chi connectivity index (χ0) is 12.3. The molecule has 0 saturated heterocycles. The molecule has 0 aliphatic heterocycles. The molecule has 0 spiro atoms. The van der Waals surface area contributed by atoms with Gasteiger partial charge in [-0.25, -0.2) is 0 Å². The fourth-order valence-corrected chi connectivity index (χ4v) is 2.18. The number of halogens is 1. The Bertz CT molecular complexity index is 551. The molecule has 1 aromatic heterocycles. The maximum atomic E-state index is 10.9. The molecule has 0 N–H and O–H groups in total.